The molecule has 7 heteroatoms. The van der Waals surface area contributed by atoms with Crippen LogP contribution >= 0.6 is 0 Å². The van der Waals surface area contributed by atoms with Crippen molar-refractivity contribution in [3.8, 4) is 0 Å². The topological polar surface area (TPSA) is 78.1 Å². The molecular weight excluding hydrogens is 348 g/mol. The number of hydrogen-bond acceptors (Lipinski definition) is 3. The predicted octanol–water partition coefficient (Wildman–Crippen LogP) is 2.77. The molecule has 1 heterocycles. The first kappa shape index (κ1) is 18.6. The molecule has 1 aromatic heterocycles. The summed E-state index contributed by atoms with van der Waals surface area (Å²) in [6.07, 6.45) is 0.536. The van der Waals surface area contributed by atoms with Crippen molar-refractivity contribution in [2.24, 2.45) is 0 Å². The summed E-state index contributed by atoms with van der Waals surface area (Å²) < 4.78 is 29.2. The van der Waals surface area contributed by atoms with Gasteiger partial charge in [-0.05, 0) is 30.2 Å². The van der Waals surface area contributed by atoms with E-state index in [1.807, 2.05) is 62.4 Å². The standard InChI is InChI=1S/C19H24N4O2S/c1-3-23(26(24,25)20-14-16-7-5-4-6-8-16)12-11-19-21-17-10-9-15(2)13-18(17)22-19/h4-10,13,20H,3,11-12,14H2,1-2H3,(H,21,22). The summed E-state index contributed by atoms with van der Waals surface area (Å²) in [5, 5.41) is 0. The molecule has 3 rings (SSSR count). The number of fused-ring (bicyclic) bond motifs is 1. The molecule has 138 valence electrons. The van der Waals surface area contributed by atoms with Crippen molar-refractivity contribution in [1.29, 1.82) is 0 Å². The molecule has 0 fully saturated rings. The first-order valence-corrected chi connectivity index (χ1v) is 10.2. The van der Waals surface area contributed by atoms with Gasteiger partial charge in [0.05, 0.1) is 11.0 Å². The molecule has 0 atom stereocenters. The summed E-state index contributed by atoms with van der Waals surface area (Å²) in [6.45, 7) is 4.93. The molecule has 2 N–H and O–H groups in total. The third-order valence-corrected chi connectivity index (χ3v) is 5.91. The van der Waals surface area contributed by atoms with E-state index in [0.717, 1.165) is 28.0 Å². The Morgan fingerprint density at radius 3 is 2.65 bits per heavy atom. The molecule has 6 nitrogen and oxygen atoms in total. The number of benzene rings is 2. The average molecular weight is 372 g/mol. The average Bonchev–Trinajstić information content (AvgIpc) is 3.03. The number of likely N-dealkylation sites (N-methyl/N-ethyl adjacent to an activating group) is 1. The zero-order chi connectivity index (χ0) is 18.6. The highest BCUT2D eigenvalue weighted by atomic mass is 32.2. The maximum atomic E-state index is 12.6. The van der Waals surface area contributed by atoms with E-state index >= 15 is 0 Å². The maximum absolute atomic E-state index is 12.6. The lowest BCUT2D eigenvalue weighted by Gasteiger charge is -2.20. The number of aromatic nitrogens is 2. The van der Waals surface area contributed by atoms with Gasteiger partial charge in [0.2, 0.25) is 0 Å². The van der Waals surface area contributed by atoms with E-state index < -0.39 is 10.2 Å². The Labute approximate surface area is 154 Å². The van der Waals surface area contributed by atoms with Gasteiger partial charge >= 0.3 is 0 Å². The van der Waals surface area contributed by atoms with Crippen molar-refractivity contribution < 1.29 is 8.42 Å². The maximum Gasteiger partial charge on any atom is 0.279 e. The number of rotatable bonds is 8. The second-order valence-electron chi connectivity index (χ2n) is 6.26. The summed E-state index contributed by atoms with van der Waals surface area (Å²) >= 11 is 0. The van der Waals surface area contributed by atoms with Gasteiger partial charge in [0.25, 0.3) is 10.2 Å². The van der Waals surface area contributed by atoms with Gasteiger partial charge < -0.3 is 4.98 Å². The molecular formula is C19H24N4O2S. The minimum Gasteiger partial charge on any atom is -0.342 e. The Balaban J connectivity index is 1.63. The van der Waals surface area contributed by atoms with Crippen LogP contribution in [0.3, 0.4) is 0 Å². The van der Waals surface area contributed by atoms with Crippen molar-refractivity contribution in [2.75, 3.05) is 13.1 Å². The highest BCUT2D eigenvalue weighted by Gasteiger charge is 2.20. The lowest BCUT2D eigenvalue weighted by atomic mass is 10.2. The lowest BCUT2D eigenvalue weighted by Crippen LogP contribution is -2.41. The number of imidazole rings is 1. The van der Waals surface area contributed by atoms with Crippen LogP contribution in [0.5, 0.6) is 0 Å². The van der Waals surface area contributed by atoms with Crippen molar-refractivity contribution in [2.45, 2.75) is 26.8 Å². The molecule has 2 aromatic carbocycles. The van der Waals surface area contributed by atoms with Crippen LogP contribution in [0.4, 0.5) is 0 Å². The normalized spacial score (nSPS) is 12.1. The minimum atomic E-state index is -3.54. The van der Waals surface area contributed by atoms with E-state index in [1.54, 1.807) is 0 Å². The van der Waals surface area contributed by atoms with Crippen molar-refractivity contribution >= 4 is 21.2 Å². The Morgan fingerprint density at radius 2 is 1.92 bits per heavy atom. The van der Waals surface area contributed by atoms with Crippen LogP contribution in [0.1, 0.15) is 23.9 Å². The van der Waals surface area contributed by atoms with E-state index in [9.17, 15) is 8.42 Å². The van der Waals surface area contributed by atoms with Crippen LogP contribution in [0, 0.1) is 6.92 Å². The summed E-state index contributed by atoms with van der Waals surface area (Å²) in [6, 6.07) is 15.5. The van der Waals surface area contributed by atoms with Gasteiger partial charge in [-0.1, -0.05) is 43.3 Å². The van der Waals surface area contributed by atoms with Crippen molar-refractivity contribution in [3.05, 3.63) is 65.5 Å². The lowest BCUT2D eigenvalue weighted by molar-refractivity contribution is 0.419. The van der Waals surface area contributed by atoms with E-state index in [4.69, 9.17) is 0 Å². The van der Waals surface area contributed by atoms with Crippen molar-refractivity contribution in [3.63, 3.8) is 0 Å². The smallest absolute Gasteiger partial charge is 0.279 e. The Hall–Kier alpha value is -2.22. The zero-order valence-electron chi connectivity index (χ0n) is 15.1. The Bertz CT molecular complexity index is 968. The van der Waals surface area contributed by atoms with Gasteiger partial charge in [0.1, 0.15) is 5.82 Å². The van der Waals surface area contributed by atoms with Crippen LogP contribution in [-0.2, 0) is 23.2 Å². The molecule has 0 bridgehead atoms. The molecule has 0 saturated heterocycles. The van der Waals surface area contributed by atoms with Gasteiger partial charge in [0, 0.05) is 26.1 Å². The predicted molar refractivity (Wildman–Crippen MR) is 104 cm³/mol. The first-order valence-electron chi connectivity index (χ1n) is 8.72. The highest BCUT2D eigenvalue weighted by Crippen LogP contribution is 2.14. The number of aryl methyl sites for hydroxylation is 1. The molecule has 26 heavy (non-hydrogen) atoms. The Morgan fingerprint density at radius 1 is 1.15 bits per heavy atom. The van der Waals surface area contributed by atoms with Crippen LogP contribution < -0.4 is 4.72 Å². The highest BCUT2D eigenvalue weighted by molar-refractivity contribution is 7.87. The SMILES string of the molecule is CCN(CCc1nc2ccc(C)cc2[nH]1)S(=O)(=O)NCc1ccccc1. The third-order valence-electron chi connectivity index (χ3n) is 4.28. The van der Waals surface area contributed by atoms with Gasteiger partial charge in [0.15, 0.2) is 0 Å². The van der Waals surface area contributed by atoms with Gasteiger partial charge in [-0.2, -0.15) is 17.4 Å². The summed E-state index contributed by atoms with van der Waals surface area (Å²) in [4.78, 5) is 7.81. The number of nitrogens with one attached hydrogen (secondary N) is 2. The first-order chi connectivity index (χ1) is 12.5. The molecule has 0 amide bonds. The molecule has 0 radical (unpaired) electrons. The van der Waals surface area contributed by atoms with E-state index in [2.05, 4.69) is 14.7 Å². The molecule has 0 spiro atoms. The number of nitrogens with zero attached hydrogens (tertiary/aromatic N) is 2. The quantitative estimate of drug-likeness (QED) is 0.638. The zero-order valence-corrected chi connectivity index (χ0v) is 15.9. The monoisotopic (exact) mass is 372 g/mol. The van der Waals surface area contributed by atoms with Gasteiger partial charge in [-0.25, -0.2) is 4.98 Å². The third kappa shape index (κ3) is 4.49. The number of H-pyrrole nitrogens is 1. The number of hydrogen-bond donors (Lipinski definition) is 2. The molecule has 0 unspecified atom stereocenters. The van der Waals surface area contributed by atoms with Crippen LogP contribution in [0.25, 0.3) is 11.0 Å². The second kappa shape index (κ2) is 7.99. The summed E-state index contributed by atoms with van der Waals surface area (Å²) in [5.74, 6) is 0.794. The van der Waals surface area contributed by atoms with E-state index in [-0.39, 0.29) is 6.54 Å². The summed E-state index contributed by atoms with van der Waals surface area (Å²) in [5.41, 5.74) is 3.97. The molecule has 0 aliphatic carbocycles. The minimum absolute atomic E-state index is 0.281. The van der Waals surface area contributed by atoms with Crippen LogP contribution in [-0.4, -0.2) is 35.8 Å². The molecule has 0 saturated carbocycles. The fraction of sp³-hybridized carbons (Fsp3) is 0.316. The largest absolute Gasteiger partial charge is 0.342 e. The van der Waals surface area contributed by atoms with Gasteiger partial charge in [-0.15, -0.1) is 0 Å². The molecule has 0 aliphatic rings. The Kier molecular flexibility index (Phi) is 5.70. The summed E-state index contributed by atoms with van der Waals surface area (Å²) in [7, 11) is -3.54. The second-order valence-corrected chi connectivity index (χ2v) is 8.01. The fourth-order valence-electron chi connectivity index (χ4n) is 2.84. The van der Waals surface area contributed by atoms with Crippen LogP contribution in [0.15, 0.2) is 48.5 Å². The van der Waals surface area contributed by atoms with E-state index in [1.165, 1.54) is 4.31 Å². The molecule has 3 aromatic rings. The van der Waals surface area contributed by atoms with Crippen molar-refractivity contribution in [1.82, 2.24) is 19.0 Å². The fourth-order valence-corrected chi connectivity index (χ4v) is 4.04. The molecule has 0 aliphatic heterocycles. The number of aromatic amines is 1. The van der Waals surface area contributed by atoms with Gasteiger partial charge in [-0.3, -0.25) is 0 Å². The van der Waals surface area contributed by atoms with E-state index in [0.29, 0.717) is 19.5 Å². The van der Waals surface area contributed by atoms with Crippen LogP contribution in [0.2, 0.25) is 0 Å².